The van der Waals surface area contributed by atoms with Gasteiger partial charge in [-0.1, -0.05) is 0 Å². The van der Waals surface area contributed by atoms with Gasteiger partial charge in [0.15, 0.2) is 0 Å². The molecule has 0 N–H and O–H groups in total. The molecular weight excluding hydrogens is 357 g/mol. The van der Waals surface area contributed by atoms with Crippen LogP contribution in [0.3, 0.4) is 0 Å². The summed E-state index contributed by atoms with van der Waals surface area (Å²) in [4.78, 5) is 2.54. The van der Waals surface area contributed by atoms with Crippen molar-refractivity contribution in [2.45, 2.75) is 84.3 Å². The predicted octanol–water partition coefficient (Wildman–Crippen LogP) is 3.79. The molecule has 4 heteroatoms. The Morgan fingerprint density at radius 3 is 1.90 bits per heavy atom. The molecule has 118 valence electrons. The van der Waals surface area contributed by atoms with E-state index in [4.69, 9.17) is 6.15 Å². The van der Waals surface area contributed by atoms with Crippen LogP contribution in [0.2, 0.25) is 0 Å². The number of hydrogen-bond acceptors (Lipinski definition) is 3. The standard InChI is InChI=1S/C16H33NO2.Sn/c1-6-7-8-9-10-11-12-17(13-15(2,3)18)14-16(4,5)19;/h6-14H2,1-5H3;/q-2;+2. The zero-order valence-electron chi connectivity index (χ0n) is 14.1. The van der Waals surface area contributed by atoms with E-state index in [1.165, 1.54) is 45.1 Å². The summed E-state index contributed by atoms with van der Waals surface area (Å²) in [5, 5.41) is 0. The molecule has 0 aromatic heterocycles. The van der Waals surface area contributed by atoms with E-state index in [0.717, 1.165) is 13.1 Å². The van der Waals surface area contributed by atoms with Crippen LogP contribution >= 0.6 is 0 Å². The van der Waals surface area contributed by atoms with E-state index in [1.54, 1.807) is 0 Å². The minimum atomic E-state index is -1.12. The molecule has 0 atom stereocenters. The van der Waals surface area contributed by atoms with Crippen molar-refractivity contribution in [2.24, 2.45) is 0 Å². The Balaban J connectivity index is 2.34. The average molecular weight is 390 g/mol. The van der Waals surface area contributed by atoms with Gasteiger partial charge in [0.2, 0.25) is 0 Å². The Morgan fingerprint density at radius 1 is 0.850 bits per heavy atom. The quantitative estimate of drug-likeness (QED) is 0.488. The summed E-state index contributed by atoms with van der Waals surface area (Å²) in [6, 6.07) is 0. The van der Waals surface area contributed by atoms with Crippen LogP contribution in [-0.4, -0.2) is 57.7 Å². The third kappa shape index (κ3) is 8.20. The Labute approximate surface area is 137 Å². The normalized spacial score (nSPS) is 23.2. The zero-order chi connectivity index (χ0) is 15.1. The molecule has 0 aromatic rings. The van der Waals surface area contributed by atoms with Gasteiger partial charge in [0.05, 0.1) is 0 Å². The summed E-state index contributed by atoms with van der Waals surface area (Å²) in [5.41, 5.74) is -0.0737. The monoisotopic (exact) mass is 391 g/mol. The molecule has 0 bridgehead atoms. The van der Waals surface area contributed by atoms with Crippen molar-refractivity contribution < 1.29 is 6.15 Å². The summed E-state index contributed by atoms with van der Waals surface area (Å²) in [6.07, 6.45) is 8.15. The number of unbranched alkanes of at least 4 members (excludes halogenated alkanes) is 5. The molecule has 0 saturated carbocycles. The Kier molecular flexibility index (Phi) is 8.39. The Bertz CT molecular complexity index is 251. The van der Waals surface area contributed by atoms with Crippen molar-refractivity contribution in [3.63, 3.8) is 0 Å². The fraction of sp³-hybridized carbons (Fsp3) is 1.00. The molecule has 1 aliphatic rings. The molecule has 1 aliphatic heterocycles. The molecule has 20 heavy (non-hydrogen) atoms. The van der Waals surface area contributed by atoms with Gasteiger partial charge >= 0.3 is 137 Å². The summed E-state index contributed by atoms with van der Waals surface area (Å²) in [7, 11) is 0. The van der Waals surface area contributed by atoms with Crippen LogP contribution < -0.4 is 0 Å². The van der Waals surface area contributed by atoms with Gasteiger partial charge in [0, 0.05) is 0 Å². The van der Waals surface area contributed by atoms with Gasteiger partial charge in [0.25, 0.3) is 0 Å². The van der Waals surface area contributed by atoms with Crippen LogP contribution in [0.1, 0.15) is 73.1 Å². The van der Waals surface area contributed by atoms with E-state index in [2.05, 4.69) is 39.5 Å². The third-order valence-corrected chi connectivity index (χ3v) is 7.30. The molecule has 0 aromatic carbocycles. The van der Waals surface area contributed by atoms with Gasteiger partial charge in [-0.3, -0.25) is 0 Å². The van der Waals surface area contributed by atoms with Crippen LogP contribution in [0.15, 0.2) is 0 Å². The average Bonchev–Trinajstić information content (AvgIpc) is 2.30. The first-order valence-electron chi connectivity index (χ1n) is 8.18. The Hall–Kier alpha value is 0.679. The van der Waals surface area contributed by atoms with Gasteiger partial charge in [-0.25, -0.2) is 0 Å². The second kappa shape index (κ2) is 8.96. The SMILES string of the molecule is CCCCCCCCN1CC(C)(C)[O][Sn][O]C(C)(C)C1. The van der Waals surface area contributed by atoms with Crippen molar-refractivity contribution in [2.75, 3.05) is 19.6 Å². The van der Waals surface area contributed by atoms with Gasteiger partial charge in [-0.05, 0) is 0 Å². The van der Waals surface area contributed by atoms with E-state index in [1.807, 2.05) is 0 Å². The van der Waals surface area contributed by atoms with Crippen molar-refractivity contribution in [1.82, 2.24) is 4.90 Å². The van der Waals surface area contributed by atoms with Crippen molar-refractivity contribution in [1.29, 1.82) is 0 Å². The van der Waals surface area contributed by atoms with E-state index in [9.17, 15) is 0 Å². The third-order valence-electron chi connectivity index (χ3n) is 3.67. The number of rotatable bonds is 7. The van der Waals surface area contributed by atoms with Crippen LogP contribution in [0.4, 0.5) is 0 Å². The van der Waals surface area contributed by atoms with Gasteiger partial charge in [-0.2, -0.15) is 0 Å². The van der Waals surface area contributed by atoms with Crippen molar-refractivity contribution >= 4 is 22.0 Å². The molecule has 1 saturated heterocycles. The molecule has 0 aliphatic carbocycles. The molecule has 3 nitrogen and oxygen atoms in total. The minimum absolute atomic E-state index is 0.0368. The Morgan fingerprint density at radius 2 is 1.35 bits per heavy atom. The second-order valence-electron chi connectivity index (χ2n) is 7.29. The maximum atomic E-state index is 6.00. The summed E-state index contributed by atoms with van der Waals surface area (Å²) >= 11 is -1.12. The fourth-order valence-corrected chi connectivity index (χ4v) is 4.49. The fourth-order valence-electron chi connectivity index (χ4n) is 2.72. The molecular formula is C16H33NO2Sn. The van der Waals surface area contributed by atoms with Crippen LogP contribution in [0, 0.1) is 0 Å². The van der Waals surface area contributed by atoms with Crippen molar-refractivity contribution in [3.05, 3.63) is 0 Å². The maximum absolute atomic E-state index is 6.00. The summed E-state index contributed by atoms with van der Waals surface area (Å²) < 4.78 is 12.0. The van der Waals surface area contributed by atoms with Gasteiger partial charge in [-0.15, -0.1) is 0 Å². The van der Waals surface area contributed by atoms with Crippen LogP contribution in [0.25, 0.3) is 0 Å². The zero-order valence-corrected chi connectivity index (χ0v) is 17.0. The molecule has 1 heterocycles. The van der Waals surface area contributed by atoms with Crippen LogP contribution in [0.5, 0.6) is 0 Å². The second-order valence-corrected chi connectivity index (χ2v) is 8.93. The number of nitrogens with zero attached hydrogens (tertiary/aromatic N) is 1. The van der Waals surface area contributed by atoms with E-state index >= 15 is 0 Å². The summed E-state index contributed by atoms with van der Waals surface area (Å²) in [5.74, 6) is 0. The molecule has 1 rings (SSSR count). The topological polar surface area (TPSA) is 21.7 Å². The van der Waals surface area contributed by atoms with Gasteiger partial charge in [0.1, 0.15) is 0 Å². The molecule has 0 spiro atoms. The van der Waals surface area contributed by atoms with Gasteiger partial charge < -0.3 is 0 Å². The first-order valence-corrected chi connectivity index (χ1v) is 10.5. The first-order chi connectivity index (χ1) is 9.35. The van der Waals surface area contributed by atoms with Crippen LogP contribution in [-0.2, 0) is 6.15 Å². The molecule has 2 radical (unpaired) electrons. The van der Waals surface area contributed by atoms with E-state index in [-0.39, 0.29) is 11.2 Å². The molecule has 0 amide bonds. The molecule has 0 unspecified atom stereocenters. The first kappa shape index (κ1) is 18.7. The van der Waals surface area contributed by atoms with E-state index < -0.39 is 22.0 Å². The van der Waals surface area contributed by atoms with E-state index in [0.29, 0.717) is 0 Å². The van der Waals surface area contributed by atoms with Crippen molar-refractivity contribution in [3.8, 4) is 0 Å². The predicted molar refractivity (Wildman–Crippen MR) is 85.9 cm³/mol. The summed E-state index contributed by atoms with van der Waals surface area (Å²) in [6.45, 7) is 14.3. The number of hydrogen-bond donors (Lipinski definition) is 0. The molecule has 1 fully saturated rings.